The number of nitrogens with two attached hydrogens (primary N) is 3. The second-order valence-corrected chi connectivity index (χ2v) is 20.9. The number of guanidine groups is 1. The highest BCUT2D eigenvalue weighted by Gasteiger charge is 2.35. The monoisotopic (exact) mass is 1160 g/mol. The number of aliphatic carboxylic acids is 1. The predicted molar refractivity (Wildman–Crippen MR) is 298 cm³/mol. The lowest BCUT2D eigenvalue weighted by Gasteiger charge is -2.28. The van der Waals surface area contributed by atoms with Crippen LogP contribution in [0.25, 0.3) is 0 Å². The van der Waals surface area contributed by atoms with Gasteiger partial charge in [0.15, 0.2) is 5.96 Å². The van der Waals surface area contributed by atoms with Gasteiger partial charge in [0.25, 0.3) is 0 Å². The molecule has 4 aromatic heterocycles. The van der Waals surface area contributed by atoms with Gasteiger partial charge in [-0.2, -0.15) is 0 Å². The molecule has 20 N–H and O–H groups in total. The quantitative estimate of drug-likeness (QED) is 0.0116. The van der Waals surface area contributed by atoms with Crippen LogP contribution in [0.3, 0.4) is 0 Å². The molecule has 8 atom stereocenters. The zero-order chi connectivity index (χ0) is 61.2. The van der Waals surface area contributed by atoms with Gasteiger partial charge in [0.05, 0.1) is 44.4 Å². The number of amides is 9. The predicted octanol–water partition coefficient (Wildman–Crippen LogP) is -4.31. The Morgan fingerprint density at radius 2 is 0.880 bits per heavy atom. The maximum absolute atomic E-state index is 14.4. The number of carbonyl (C=O) groups excluding carboxylic acids is 9. The van der Waals surface area contributed by atoms with Crippen molar-refractivity contribution in [3.8, 4) is 0 Å². The number of carbonyl (C=O) groups is 10. The fourth-order valence-electron chi connectivity index (χ4n) is 8.32. The van der Waals surface area contributed by atoms with E-state index in [1.165, 1.54) is 50.1 Å². The van der Waals surface area contributed by atoms with Crippen molar-refractivity contribution in [2.45, 2.75) is 141 Å². The van der Waals surface area contributed by atoms with Gasteiger partial charge >= 0.3 is 5.97 Å². The van der Waals surface area contributed by atoms with Gasteiger partial charge in [0.1, 0.15) is 42.3 Å². The number of imidazole rings is 4. The number of H-pyrrole nitrogens is 4. The summed E-state index contributed by atoms with van der Waals surface area (Å²) in [5.74, 6) is -9.41. The Hall–Kier alpha value is -9.23. The summed E-state index contributed by atoms with van der Waals surface area (Å²) in [6.45, 7) is 9.27. The zero-order valence-corrected chi connectivity index (χ0v) is 47.2. The van der Waals surface area contributed by atoms with Crippen LogP contribution in [0, 0.1) is 17.8 Å². The molecule has 0 aliphatic rings. The molecule has 0 aliphatic carbocycles. The lowest BCUT2D eigenvalue weighted by molar-refractivity contribution is -0.142. The molecule has 0 unspecified atom stereocenters. The third kappa shape index (κ3) is 23.8. The van der Waals surface area contributed by atoms with E-state index in [9.17, 15) is 53.1 Å². The van der Waals surface area contributed by atoms with Crippen molar-refractivity contribution in [3.05, 3.63) is 72.9 Å². The second kappa shape index (κ2) is 33.5. The van der Waals surface area contributed by atoms with Gasteiger partial charge in [-0.25, -0.2) is 24.7 Å². The first kappa shape index (κ1) is 66.3. The van der Waals surface area contributed by atoms with E-state index in [-0.39, 0.29) is 75.7 Å². The summed E-state index contributed by atoms with van der Waals surface area (Å²) in [7, 11) is 0. The number of aromatic amines is 4. The summed E-state index contributed by atoms with van der Waals surface area (Å²) >= 11 is 0. The first-order chi connectivity index (χ1) is 39.4. The van der Waals surface area contributed by atoms with Crippen LogP contribution in [0.5, 0.6) is 0 Å². The van der Waals surface area contributed by atoms with Gasteiger partial charge in [-0.3, -0.25) is 48.1 Å². The second-order valence-electron chi connectivity index (χ2n) is 20.9. The number of hydrogen-bond acceptors (Lipinski definition) is 16. The molecule has 0 fully saturated rings. The third-order valence-corrected chi connectivity index (χ3v) is 12.5. The van der Waals surface area contributed by atoms with Gasteiger partial charge in [0, 0.05) is 79.8 Å². The van der Waals surface area contributed by atoms with Crippen LogP contribution in [-0.2, 0) is 73.6 Å². The van der Waals surface area contributed by atoms with E-state index in [0.717, 1.165) is 0 Å². The molecular weight excluding hydrogens is 1080 g/mol. The maximum Gasteiger partial charge on any atom is 0.326 e. The lowest BCUT2D eigenvalue weighted by atomic mass is 10.0. The number of nitrogens with zero attached hydrogens (tertiary/aromatic N) is 5. The van der Waals surface area contributed by atoms with Crippen molar-refractivity contribution in [1.29, 1.82) is 0 Å². The SMILES string of the molecule is CC(C)C[C@H](NC(=O)CNC(=O)[C@H](Cc1cnc[nH]1)NC(=O)CNC(=O)[C@H](CC(C)C)NC(=O)[C@@H](N)Cc1cnc[nH]1)C(=O)N[C@@H](Cc1cnc[nH]1)C(=O)N[C@@H](CCCN=C(N)N)C(=O)N[C@H](C(=O)N[C@@H](Cc1cnc[nH]1)C(=O)O)C(C)C. The van der Waals surface area contributed by atoms with Crippen molar-refractivity contribution in [3.63, 3.8) is 0 Å². The molecule has 32 heteroatoms. The van der Waals surface area contributed by atoms with Crippen molar-refractivity contribution in [2.24, 2.45) is 39.9 Å². The number of carboxylic acid groups (broad SMARTS) is 1. The highest BCUT2D eigenvalue weighted by Crippen LogP contribution is 2.12. The molecule has 0 aromatic carbocycles. The van der Waals surface area contributed by atoms with E-state index in [4.69, 9.17) is 17.2 Å². The molecule has 0 spiro atoms. The molecule has 4 aromatic rings. The minimum absolute atomic E-state index is 0.0441. The van der Waals surface area contributed by atoms with E-state index < -0.39 is 126 Å². The summed E-state index contributed by atoms with van der Waals surface area (Å²) < 4.78 is 0. The number of rotatable bonds is 36. The van der Waals surface area contributed by atoms with Crippen LogP contribution >= 0.6 is 0 Å². The minimum atomic E-state index is -1.42. The fraction of sp³-hybridized carbons (Fsp3) is 0.549. The Morgan fingerprint density at radius 1 is 0.494 bits per heavy atom. The Labute approximate surface area is 478 Å². The van der Waals surface area contributed by atoms with E-state index in [1.54, 1.807) is 27.7 Å². The Morgan fingerprint density at radius 3 is 1.33 bits per heavy atom. The van der Waals surface area contributed by atoms with E-state index in [0.29, 0.717) is 22.8 Å². The number of aromatic nitrogens is 8. The standard InChI is InChI=1S/C51H79N21O11/c1-26(2)10-35(69-43(75)33(52)12-29-16-55-22-62-29)44(76)60-21-41(74)67-37(13-30-17-56-23-63-30)45(77)61-20-40(73)66-36(11-27(3)4)47(79)70-38(14-31-18-57-24-64-31)48(80)68-34(8-7-9-59-51(53)54)46(78)72-42(28(5)6)49(81)71-39(50(82)83)15-32-19-58-25-65-32/h16-19,22-28,33-39,42H,7-15,20-21,52H2,1-6H3,(H,55,62)(H,56,63)(H,57,64)(H,58,65)(H,60,76)(H,61,77)(H,66,73)(H,67,74)(H,68,80)(H,69,75)(H,70,79)(H,71,81)(H,72,78)(H,82,83)(H4,53,54,59)/t33-,34-,35-,36-,37-,38-,39-,42-/m0/s1. The van der Waals surface area contributed by atoms with Crippen molar-refractivity contribution < 1.29 is 53.1 Å². The molecule has 9 amide bonds. The highest BCUT2D eigenvalue weighted by molar-refractivity contribution is 5.97. The zero-order valence-electron chi connectivity index (χ0n) is 47.2. The molecule has 32 nitrogen and oxygen atoms in total. The van der Waals surface area contributed by atoms with E-state index in [2.05, 4.69) is 92.7 Å². The summed E-state index contributed by atoms with van der Waals surface area (Å²) in [6, 6.07) is -10.1. The number of carboxylic acids is 1. The number of nitrogens with one attached hydrogen (secondary N) is 13. The molecule has 4 heterocycles. The van der Waals surface area contributed by atoms with Crippen LogP contribution in [0.2, 0.25) is 0 Å². The summed E-state index contributed by atoms with van der Waals surface area (Å²) in [5, 5.41) is 33.1. The van der Waals surface area contributed by atoms with Gasteiger partial charge < -0.3 is 90.1 Å². The molecule has 454 valence electrons. The average Bonchev–Trinajstić information content (AvgIpc) is 4.32. The van der Waals surface area contributed by atoms with Crippen LogP contribution in [0.15, 0.2) is 55.1 Å². The third-order valence-electron chi connectivity index (χ3n) is 12.5. The maximum atomic E-state index is 14.4. The largest absolute Gasteiger partial charge is 0.480 e. The van der Waals surface area contributed by atoms with Crippen molar-refractivity contribution in [1.82, 2.24) is 87.7 Å². The summed E-state index contributed by atoms with van der Waals surface area (Å²) in [5.41, 5.74) is 19.0. The van der Waals surface area contributed by atoms with Gasteiger partial charge in [-0.05, 0) is 43.4 Å². The lowest BCUT2D eigenvalue weighted by Crippen LogP contribution is -2.60. The molecule has 0 aliphatic heterocycles. The highest BCUT2D eigenvalue weighted by atomic mass is 16.4. The van der Waals surface area contributed by atoms with Crippen molar-refractivity contribution in [2.75, 3.05) is 19.6 Å². The normalized spacial score (nSPS) is 14.1. The first-order valence-corrected chi connectivity index (χ1v) is 27.0. The van der Waals surface area contributed by atoms with Crippen LogP contribution in [0.4, 0.5) is 0 Å². The molecule has 83 heavy (non-hydrogen) atoms. The molecule has 0 bridgehead atoms. The van der Waals surface area contributed by atoms with E-state index >= 15 is 0 Å². The van der Waals surface area contributed by atoms with Crippen LogP contribution in [-0.4, -0.2) is 178 Å². The van der Waals surface area contributed by atoms with Crippen LogP contribution < -0.4 is 65.1 Å². The molecule has 0 saturated heterocycles. The topological polar surface area (TPSA) is 504 Å². The smallest absolute Gasteiger partial charge is 0.326 e. The first-order valence-electron chi connectivity index (χ1n) is 27.0. The molecular formula is C51H79N21O11. The molecule has 4 rings (SSSR count). The molecule has 0 saturated carbocycles. The Kier molecular flexibility index (Phi) is 26.8. The van der Waals surface area contributed by atoms with Crippen LogP contribution in [0.1, 0.15) is 90.0 Å². The van der Waals surface area contributed by atoms with Gasteiger partial charge in [-0.1, -0.05) is 41.5 Å². The summed E-state index contributed by atoms with van der Waals surface area (Å²) in [4.78, 5) is 167. The van der Waals surface area contributed by atoms with Gasteiger partial charge in [-0.15, -0.1) is 0 Å². The average molecular weight is 1160 g/mol. The molecule has 0 radical (unpaired) electrons. The number of hydrogen-bond donors (Lipinski definition) is 17. The Balaban J connectivity index is 1.45. The van der Waals surface area contributed by atoms with E-state index in [1.807, 2.05) is 13.8 Å². The Bertz CT molecular complexity index is 2750. The van der Waals surface area contributed by atoms with Gasteiger partial charge in [0.2, 0.25) is 53.2 Å². The summed E-state index contributed by atoms with van der Waals surface area (Å²) in [6.07, 6.45) is 11.3. The number of aliphatic imine (C=N–C) groups is 1. The minimum Gasteiger partial charge on any atom is -0.480 e. The van der Waals surface area contributed by atoms with Crippen molar-refractivity contribution >= 4 is 65.1 Å². The fourth-order valence-corrected chi connectivity index (χ4v) is 8.32.